The van der Waals surface area contributed by atoms with Gasteiger partial charge in [-0.1, -0.05) is 0 Å². The Kier molecular flexibility index (Phi) is 1.86. The van der Waals surface area contributed by atoms with Crippen molar-refractivity contribution < 1.29 is 10.0 Å². The zero-order valence-electron chi connectivity index (χ0n) is 5.89. The molecule has 60 valence electrons. The molecule has 0 aromatic carbocycles. The van der Waals surface area contributed by atoms with E-state index in [1.807, 2.05) is 0 Å². The van der Waals surface area contributed by atoms with E-state index in [0.717, 1.165) is 0 Å². The monoisotopic (exact) mass is 157 g/mol. The van der Waals surface area contributed by atoms with E-state index in [1.54, 1.807) is 0 Å². The van der Waals surface area contributed by atoms with Gasteiger partial charge in [-0.15, -0.1) is 0 Å². The molecule has 11 heavy (non-hydrogen) atoms. The van der Waals surface area contributed by atoms with Crippen LogP contribution in [-0.4, -0.2) is 19.6 Å². The molecule has 0 saturated carbocycles. The molecule has 1 rings (SSSR count). The summed E-state index contributed by atoms with van der Waals surface area (Å²) in [6, 6.07) is 0. The van der Waals surface area contributed by atoms with Crippen LogP contribution >= 0.6 is 0 Å². The number of imidazole rings is 1. The van der Waals surface area contributed by atoms with Crippen molar-refractivity contribution in [3.63, 3.8) is 0 Å². The molecule has 6 nitrogen and oxygen atoms in total. The van der Waals surface area contributed by atoms with Crippen LogP contribution in [0, 0.1) is 10.1 Å². The first-order chi connectivity index (χ1) is 5.16. The molecule has 0 radical (unpaired) electrons. The first-order valence-corrected chi connectivity index (χ1v) is 2.92. The van der Waals surface area contributed by atoms with E-state index in [2.05, 4.69) is 4.98 Å². The van der Waals surface area contributed by atoms with Gasteiger partial charge >= 0.3 is 5.82 Å². The number of rotatable bonds is 2. The van der Waals surface area contributed by atoms with Crippen LogP contribution in [0.4, 0.5) is 5.82 Å². The number of aryl methyl sites for hydroxylation is 1. The highest BCUT2D eigenvalue weighted by Gasteiger charge is 2.17. The second-order valence-corrected chi connectivity index (χ2v) is 2.04. The molecule has 1 N–H and O–H groups in total. The summed E-state index contributed by atoms with van der Waals surface area (Å²) in [6.07, 6.45) is 1.30. The summed E-state index contributed by atoms with van der Waals surface area (Å²) < 4.78 is 1.26. The average molecular weight is 157 g/mol. The van der Waals surface area contributed by atoms with E-state index < -0.39 is 11.5 Å². The summed E-state index contributed by atoms with van der Waals surface area (Å²) in [5.41, 5.74) is 0.0949. The van der Waals surface area contributed by atoms with Gasteiger partial charge in [0.1, 0.15) is 0 Å². The number of nitrogens with zero attached hydrogens (tertiary/aromatic N) is 3. The van der Waals surface area contributed by atoms with Crippen LogP contribution in [0.2, 0.25) is 0 Å². The van der Waals surface area contributed by atoms with Gasteiger partial charge in [-0.2, -0.15) is 0 Å². The van der Waals surface area contributed by atoms with E-state index in [1.165, 1.54) is 17.9 Å². The van der Waals surface area contributed by atoms with Crippen LogP contribution in [0.15, 0.2) is 6.33 Å². The number of nitro groups is 1. The van der Waals surface area contributed by atoms with Gasteiger partial charge in [0.25, 0.3) is 0 Å². The van der Waals surface area contributed by atoms with E-state index in [-0.39, 0.29) is 11.5 Å². The van der Waals surface area contributed by atoms with E-state index >= 15 is 0 Å². The van der Waals surface area contributed by atoms with Crippen LogP contribution in [-0.2, 0) is 13.7 Å². The Hall–Kier alpha value is -1.43. The van der Waals surface area contributed by atoms with Gasteiger partial charge in [-0.3, -0.25) is 0 Å². The molecule has 0 aliphatic heterocycles. The maximum absolute atomic E-state index is 10.3. The highest BCUT2D eigenvalue weighted by molar-refractivity contribution is 5.26. The van der Waals surface area contributed by atoms with Crippen LogP contribution in [0.5, 0.6) is 0 Å². The Bertz CT molecular complexity index is 281. The molecule has 0 spiro atoms. The smallest absolute Gasteiger partial charge is 0.348 e. The third-order valence-corrected chi connectivity index (χ3v) is 1.30. The summed E-state index contributed by atoms with van der Waals surface area (Å²) in [6.45, 7) is -0.406. The van der Waals surface area contributed by atoms with E-state index in [9.17, 15) is 10.1 Å². The molecule has 1 aromatic heterocycles. The largest absolute Gasteiger partial charge is 0.390 e. The molecule has 0 atom stereocenters. The molecule has 0 amide bonds. The van der Waals surface area contributed by atoms with Gasteiger partial charge in [-0.25, -0.2) is 9.55 Å². The lowest BCUT2D eigenvalue weighted by atomic mass is 10.5. The Morgan fingerprint density at radius 1 is 1.91 bits per heavy atom. The van der Waals surface area contributed by atoms with E-state index in [4.69, 9.17) is 5.11 Å². The second kappa shape index (κ2) is 2.67. The summed E-state index contributed by atoms with van der Waals surface area (Å²) in [7, 11) is 1.50. The minimum absolute atomic E-state index is 0.0949. The van der Waals surface area contributed by atoms with Crippen molar-refractivity contribution >= 4 is 5.82 Å². The predicted octanol–water partition coefficient (Wildman–Crippen LogP) is -0.179. The number of aliphatic hydroxyl groups excluding tert-OH is 1. The SMILES string of the molecule is Cn1cnc(CO)c1[N+](=O)[O-]. The fourth-order valence-corrected chi connectivity index (χ4v) is 0.818. The van der Waals surface area contributed by atoms with Crippen molar-refractivity contribution in [2.24, 2.45) is 7.05 Å². The average Bonchev–Trinajstić information content (AvgIpc) is 2.30. The molecular weight excluding hydrogens is 150 g/mol. The summed E-state index contributed by atoms with van der Waals surface area (Å²) in [4.78, 5) is 13.4. The first kappa shape index (κ1) is 7.67. The van der Waals surface area contributed by atoms with Crippen LogP contribution in [0.1, 0.15) is 5.69 Å². The zero-order valence-corrected chi connectivity index (χ0v) is 5.89. The molecule has 0 fully saturated rings. The predicted molar refractivity (Wildman–Crippen MR) is 35.8 cm³/mol. The number of aromatic nitrogens is 2. The van der Waals surface area contributed by atoms with Crippen molar-refractivity contribution in [3.8, 4) is 0 Å². The van der Waals surface area contributed by atoms with Crippen molar-refractivity contribution in [2.45, 2.75) is 6.61 Å². The van der Waals surface area contributed by atoms with Crippen LogP contribution in [0.3, 0.4) is 0 Å². The third kappa shape index (κ3) is 1.20. The standard InChI is InChI=1S/C5H7N3O3/c1-7-3-6-4(2-9)5(7)8(10)11/h3,9H,2H2,1H3. The molecule has 0 saturated heterocycles. The zero-order chi connectivity index (χ0) is 8.43. The summed E-state index contributed by atoms with van der Waals surface area (Å²) >= 11 is 0. The minimum atomic E-state index is -0.571. The summed E-state index contributed by atoms with van der Waals surface area (Å²) in [5.74, 6) is -0.160. The molecule has 0 aliphatic rings. The Labute approximate surface area is 62.2 Å². The van der Waals surface area contributed by atoms with Gasteiger partial charge in [0.15, 0.2) is 12.0 Å². The maximum atomic E-state index is 10.3. The van der Waals surface area contributed by atoms with Crippen LogP contribution < -0.4 is 0 Å². The Morgan fingerprint density at radius 3 is 2.91 bits per heavy atom. The van der Waals surface area contributed by atoms with Gasteiger partial charge < -0.3 is 15.2 Å². The van der Waals surface area contributed by atoms with Gasteiger partial charge in [0, 0.05) is 0 Å². The Balaban J connectivity index is 3.17. The van der Waals surface area contributed by atoms with Crippen molar-refractivity contribution in [1.29, 1.82) is 0 Å². The van der Waals surface area contributed by atoms with Gasteiger partial charge in [-0.05, 0) is 4.92 Å². The lowest BCUT2D eigenvalue weighted by Crippen LogP contribution is -1.99. The molecule has 1 aromatic rings. The van der Waals surface area contributed by atoms with Crippen molar-refractivity contribution in [2.75, 3.05) is 0 Å². The lowest BCUT2D eigenvalue weighted by Gasteiger charge is -1.94. The second-order valence-electron chi connectivity index (χ2n) is 2.04. The van der Waals surface area contributed by atoms with Gasteiger partial charge in [0.2, 0.25) is 0 Å². The van der Waals surface area contributed by atoms with E-state index in [0.29, 0.717) is 0 Å². The van der Waals surface area contributed by atoms with Crippen LogP contribution in [0.25, 0.3) is 0 Å². The fourth-order valence-electron chi connectivity index (χ4n) is 0.818. The Morgan fingerprint density at radius 2 is 2.55 bits per heavy atom. The quantitative estimate of drug-likeness (QED) is 0.477. The molecule has 0 bridgehead atoms. The summed E-state index contributed by atoms with van der Waals surface area (Å²) in [5, 5.41) is 18.9. The fraction of sp³-hybridized carbons (Fsp3) is 0.400. The van der Waals surface area contributed by atoms with Crippen molar-refractivity contribution in [1.82, 2.24) is 9.55 Å². The first-order valence-electron chi connectivity index (χ1n) is 2.92. The van der Waals surface area contributed by atoms with Crippen molar-refractivity contribution in [3.05, 3.63) is 22.1 Å². The lowest BCUT2D eigenvalue weighted by molar-refractivity contribution is -0.392. The van der Waals surface area contributed by atoms with Gasteiger partial charge in [0.05, 0.1) is 13.7 Å². The molecule has 0 unspecified atom stereocenters. The number of hydrogen-bond donors (Lipinski definition) is 1. The highest BCUT2D eigenvalue weighted by Crippen LogP contribution is 2.14. The molecular formula is C5H7N3O3. The topological polar surface area (TPSA) is 81.2 Å². The molecule has 1 heterocycles. The normalized spacial score (nSPS) is 10.0. The number of hydrogen-bond acceptors (Lipinski definition) is 4. The minimum Gasteiger partial charge on any atom is -0.390 e. The molecule has 0 aliphatic carbocycles. The maximum Gasteiger partial charge on any atom is 0.348 e. The highest BCUT2D eigenvalue weighted by atomic mass is 16.6. The third-order valence-electron chi connectivity index (χ3n) is 1.30. The molecule has 6 heteroatoms. The number of aliphatic hydroxyl groups is 1.